The molecule has 0 saturated carbocycles. The van der Waals surface area contributed by atoms with Crippen molar-refractivity contribution in [3.63, 3.8) is 0 Å². The molecule has 0 bridgehead atoms. The zero-order chi connectivity index (χ0) is 36.3. The number of pyridine rings is 2. The van der Waals surface area contributed by atoms with Gasteiger partial charge in [-0.3, -0.25) is 4.98 Å². The summed E-state index contributed by atoms with van der Waals surface area (Å²) in [7, 11) is 0. The van der Waals surface area contributed by atoms with Crippen LogP contribution in [-0.2, 0) is 45.3 Å². The van der Waals surface area contributed by atoms with Gasteiger partial charge in [-0.05, 0) is 73.4 Å². The van der Waals surface area contributed by atoms with Crippen LogP contribution in [0.4, 0.5) is 5.82 Å². The van der Waals surface area contributed by atoms with Crippen molar-refractivity contribution in [3.05, 3.63) is 39.9 Å². The van der Waals surface area contributed by atoms with Gasteiger partial charge in [0.25, 0.3) is 0 Å². The lowest BCUT2D eigenvalue weighted by Gasteiger charge is -2.41. The summed E-state index contributed by atoms with van der Waals surface area (Å²) in [5.74, 6) is 1.52. The van der Waals surface area contributed by atoms with Gasteiger partial charge in [0.1, 0.15) is 35.9 Å². The summed E-state index contributed by atoms with van der Waals surface area (Å²) in [5, 5.41) is 19.3. The second-order valence-electron chi connectivity index (χ2n) is 14.4. The Bertz CT molecular complexity index is 1750. The number of imidazole rings is 2. The van der Waals surface area contributed by atoms with Crippen molar-refractivity contribution < 1.29 is 29.2 Å². The van der Waals surface area contributed by atoms with Gasteiger partial charge >= 0.3 is 0 Å². The number of aryl methyl sites for hydroxylation is 5. The number of aliphatic hydroxyl groups is 2. The van der Waals surface area contributed by atoms with E-state index in [1.807, 2.05) is 60.0 Å². The third-order valence-corrected chi connectivity index (χ3v) is 9.35. The quantitative estimate of drug-likeness (QED) is 0.187. The minimum absolute atomic E-state index is 0.123. The Morgan fingerprint density at radius 2 is 1.24 bits per heavy atom. The molecule has 1 aliphatic heterocycles. The Hall–Kier alpha value is -3.20. The Labute approximate surface area is 290 Å². The first-order chi connectivity index (χ1) is 23.0. The predicted molar refractivity (Wildman–Crippen MR) is 190 cm³/mol. The monoisotopic (exact) mass is 683 g/mol. The van der Waals surface area contributed by atoms with Crippen LogP contribution in [0.1, 0.15) is 81.4 Å². The van der Waals surface area contributed by atoms with Crippen molar-refractivity contribution in [2.75, 3.05) is 45.4 Å². The van der Waals surface area contributed by atoms with Gasteiger partial charge in [0.05, 0.1) is 43.2 Å². The van der Waals surface area contributed by atoms with E-state index in [1.54, 1.807) is 0 Å². The van der Waals surface area contributed by atoms with Crippen molar-refractivity contribution in [1.29, 1.82) is 0 Å². The minimum Gasteiger partial charge on any atom is -0.396 e. The molecule has 0 amide bonds. The fourth-order valence-corrected chi connectivity index (χ4v) is 5.97. The molecule has 1 fully saturated rings. The van der Waals surface area contributed by atoms with E-state index in [9.17, 15) is 10.2 Å². The Balaban J connectivity index is 0.000000223. The van der Waals surface area contributed by atoms with Crippen LogP contribution in [0.5, 0.6) is 0 Å². The first-order valence-corrected chi connectivity index (χ1v) is 17.1. The van der Waals surface area contributed by atoms with E-state index in [-0.39, 0.29) is 18.6 Å². The summed E-state index contributed by atoms with van der Waals surface area (Å²) in [6, 6.07) is 0. The molecule has 13 nitrogen and oxygen atoms in total. The highest BCUT2D eigenvalue weighted by molar-refractivity contribution is 5.88. The number of hydrogen-bond donors (Lipinski definition) is 3. The van der Waals surface area contributed by atoms with E-state index in [2.05, 4.69) is 40.3 Å². The number of hydrogen-bond acceptors (Lipinski definition) is 11. The van der Waals surface area contributed by atoms with Gasteiger partial charge in [0.2, 0.25) is 0 Å². The molecule has 0 aromatic carbocycles. The zero-order valence-electron chi connectivity index (χ0n) is 31.4. The van der Waals surface area contributed by atoms with Crippen LogP contribution < -0.4 is 5.73 Å². The smallest absolute Gasteiger partial charge is 0.162 e. The normalized spacial score (nSPS) is 15.9. The van der Waals surface area contributed by atoms with Crippen molar-refractivity contribution in [3.8, 4) is 0 Å². The van der Waals surface area contributed by atoms with Crippen LogP contribution in [-0.4, -0.2) is 84.7 Å². The zero-order valence-corrected chi connectivity index (χ0v) is 31.4. The second-order valence-corrected chi connectivity index (χ2v) is 14.4. The van der Waals surface area contributed by atoms with Crippen molar-refractivity contribution in [2.24, 2.45) is 10.8 Å². The molecule has 0 aliphatic carbocycles. The van der Waals surface area contributed by atoms with Crippen molar-refractivity contribution in [1.82, 2.24) is 29.1 Å². The number of fused-ring (bicyclic) bond motifs is 2. The topological polar surface area (TPSA) is 165 Å². The predicted octanol–water partition coefficient (Wildman–Crippen LogP) is 4.84. The molecular formula is C36H57N7O6. The van der Waals surface area contributed by atoms with Crippen LogP contribution >= 0.6 is 0 Å². The van der Waals surface area contributed by atoms with Gasteiger partial charge in [-0.1, -0.05) is 13.8 Å². The molecule has 1 aliphatic rings. The number of nitrogens with zero attached hydrogens (tertiary/aromatic N) is 6. The summed E-state index contributed by atoms with van der Waals surface area (Å²) in [4.78, 5) is 18.5. The molecular weight excluding hydrogens is 626 g/mol. The first kappa shape index (κ1) is 38.6. The van der Waals surface area contributed by atoms with Crippen LogP contribution in [0.25, 0.3) is 22.1 Å². The molecule has 272 valence electrons. The molecule has 0 atom stereocenters. The molecule has 4 N–H and O–H groups in total. The van der Waals surface area contributed by atoms with E-state index < -0.39 is 11.2 Å². The molecule has 49 heavy (non-hydrogen) atoms. The fourth-order valence-electron chi connectivity index (χ4n) is 5.97. The molecule has 0 unspecified atom stereocenters. The van der Waals surface area contributed by atoms with Gasteiger partial charge in [-0.2, -0.15) is 0 Å². The number of ether oxygens (including phenoxy) is 4. The Kier molecular flexibility index (Phi) is 12.1. The average Bonchev–Trinajstić information content (AvgIpc) is 3.61. The largest absolute Gasteiger partial charge is 0.396 e. The average molecular weight is 684 g/mol. The van der Waals surface area contributed by atoms with Gasteiger partial charge < -0.3 is 44.0 Å². The van der Waals surface area contributed by atoms with Gasteiger partial charge in [-0.15, -0.1) is 0 Å². The SMILES string of the molecule is CCOCc1nc2c(C)nc(C)c(C)c2n1CC1(C)COC(C)(C)OC1.CCOCc1nc2c(N)nc(C)c(C)c2n1CC(C)(CO)CO. The van der Waals surface area contributed by atoms with Crippen LogP contribution in [0.2, 0.25) is 0 Å². The van der Waals surface area contributed by atoms with Gasteiger partial charge in [0, 0.05) is 48.5 Å². The van der Waals surface area contributed by atoms with E-state index >= 15 is 0 Å². The van der Waals surface area contributed by atoms with Crippen molar-refractivity contribution >= 4 is 27.9 Å². The Morgan fingerprint density at radius 3 is 1.78 bits per heavy atom. The standard InChI is InChI=1S/C20H31N3O3.C16H26N4O3/c1-8-24-9-16-22-17-15(4)21-14(3)13(2)18(17)23(16)10-20(7)11-25-19(5,6)26-12-20;1-5-23-6-12-19-13-14(10(2)11(3)18-15(13)17)20(12)7-16(4,8-21)9-22/h8-12H2,1-7H3;21-22H,5-9H2,1-4H3,(H2,17,18). The second kappa shape index (κ2) is 15.4. The molecule has 0 radical (unpaired) electrons. The van der Waals surface area contributed by atoms with Crippen LogP contribution in [0.3, 0.4) is 0 Å². The number of anilines is 1. The molecule has 0 spiro atoms. The molecule has 4 aromatic heterocycles. The number of rotatable bonds is 12. The van der Waals surface area contributed by atoms with Crippen LogP contribution in [0.15, 0.2) is 0 Å². The van der Waals surface area contributed by atoms with Gasteiger partial charge in [0.15, 0.2) is 11.6 Å². The summed E-state index contributed by atoms with van der Waals surface area (Å²) in [6.45, 7) is 26.2. The highest BCUT2D eigenvalue weighted by Crippen LogP contribution is 2.34. The molecule has 1 saturated heterocycles. The highest BCUT2D eigenvalue weighted by atomic mass is 16.7. The highest BCUT2D eigenvalue weighted by Gasteiger charge is 2.38. The van der Waals surface area contributed by atoms with Gasteiger partial charge in [-0.25, -0.2) is 15.0 Å². The van der Waals surface area contributed by atoms with E-state index in [0.717, 1.165) is 57.4 Å². The lowest BCUT2D eigenvalue weighted by Crippen LogP contribution is -2.47. The lowest BCUT2D eigenvalue weighted by molar-refractivity contribution is -0.284. The minimum atomic E-state index is -0.660. The Morgan fingerprint density at radius 1 is 0.755 bits per heavy atom. The fraction of sp³-hybridized carbons (Fsp3) is 0.667. The van der Waals surface area contributed by atoms with E-state index in [1.165, 1.54) is 5.56 Å². The van der Waals surface area contributed by atoms with E-state index in [4.69, 9.17) is 29.7 Å². The van der Waals surface area contributed by atoms with Crippen molar-refractivity contribution in [2.45, 2.75) is 108 Å². The van der Waals surface area contributed by atoms with E-state index in [0.29, 0.717) is 57.5 Å². The molecule has 5 heterocycles. The summed E-state index contributed by atoms with van der Waals surface area (Å²) < 4.78 is 27.4. The van der Waals surface area contributed by atoms with Crippen LogP contribution in [0, 0.1) is 45.4 Å². The number of aromatic nitrogens is 6. The third kappa shape index (κ3) is 8.41. The molecule has 4 aromatic rings. The molecule has 13 heteroatoms. The summed E-state index contributed by atoms with van der Waals surface area (Å²) in [6.07, 6.45) is 0. The molecule has 5 rings (SSSR count). The maximum atomic E-state index is 9.64. The number of nitrogens with two attached hydrogens (primary N) is 1. The summed E-state index contributed by atoms with van der Waals surface area (Å²) in [5.41, 5.74) is 13.9. The number of aliphatic hydroxyl groups excluding tert-OH is 2. The lowest BCUT2D eigenvalue weighted by atomic mass is 9.91. The first-order valence-electron chi connectivity index (χ1n) is 17.1. The third-order valence-electron chi connectivity index (χ3n) is 9.35. The maximum Gasteiger partial charge on any atom is 0.162 e. The maximum absolute atomic E-state index is 9.64. The summed E-state index contributed by atoms with van der Waals surface area (Å²) >= 11 is 0. The number of nitrogen functional groups attached to an aromatic ring is 1.